The molecule has 0 fully saturated rings. The maximum absolute atomic E-state index is 12.2. The molecule has 0 aliphatic carbocycles. The zero-order chi connectivity index (χ0) is 24.3. The van der Waals surface area contributed by atoms with Gasteiger partial charge in [0.15, 0.2) is 6.61 Å². The van der Waals surface area contributed by atoms with E-state index in [1.54, 1.807) is 73.8 Å². The Morgan fingerprint density at radius 1 is 0.912 bits per heavy atom. The number of halogens is 1. The lowest BCUT2D eigenvalue weighted by Crippen LogP contribution is -2.32. The third-order valence-electron chi connectivity index (χ3n) is 4.31. The van der Waals surface area contributed by atoms with Crippen molar-refractivity contribution >= 4 is 46.9 Å². The fraction of sp³-hybridized carbons (Fsp3) is 0.0833. The van der Waals surface area contributed by atoms with Gasteiger partial charge in [-0.25, -0.2) is 5.43 Å². The predicted octanol–water partition coefficient (Wildman–Crippen LogP) is 3.45. The highest BCUT2D eigenvalue weighted by Crippen LogP contribution is 2.17. The molecule has 0 aliphatic rings. The van der Waals surface area contributed by atoms with Gasteiger partial charge in [-0.3, -0.25) is 14.4 Å². The topological polar surface area (TPSA) is 118 Å². The van der Waals surface area contributed by atoms with Gasteiger partial charge in [0.2, 0.25) is 0 Å². The Morgan fingerprint density at radius 3 is 2.41 bits per heavy atom. The maximum atomic E-state index is 12.2. The number of para-hydroxylation sites is 1. The number of nitrogens with zero attached hydrogens (tertiary/aromatic N) is 1. The van der Waals surface area contributed by atoms with Crippen LogP contribution in [0.4, 0.5) is 11.4 Å². The summed E-state index contributed by atoms with van der Waals surface area (Å²) in [4.78, 5) is 36.1. The second-order valence-corrected chi connectivity index (χ2v) is 7.20. The van der Waals surface area contributed by atoms with Crippen molar-refractivity contribution in [2.24, 2.45) is 5.10 Å². The van der Waals surface area contributed by atoms with Crippen LogP contribution in [0.15, 0.2) is 77.9 Å². The molecular formula is C24H21ClN4O5. The van der Waals surface area contributed by atoms with Crippen LogP contribution in [-0.2, 0) is 14.4 Å². The Labute approximate surface area is 200 Å². The summed E-state index contributed by atoms with van der Waals surface area (Å²) in [6.07, 6.45) is 1.31. The third-order valence-corrected chi connectivity index (χ3v) is 4.55. The molecule has 0 atom stereocenters. The van der Waals surface area contributed by atoms with E-state index >= 15 is 0 Å². The van der Waals surface area contributed by atoms with Crippen LogP contribution in [0.3, 0.4) is 0 Å². The summed E-state index contributed by atoms with van der Waals surface area (Å²) in [5.41, 5.74) is 3.61. The van der Waals surface area contributed by atoms with Crippen LogP contribution in [0, 0.1) is 0 Å². The van der Waals surface area contributed by atoms with Crippen molar-refractivity contribution in [2.75, 3.05) is 24.4 Å². The minimum Gasteiger partial charge on any atom is -0.497 e. The molecule has 9 nitrogen and oxygen atoms in total. The molecule has 0 saturated carbocycles. The number of benzene rings is 3. The van der Waals surface area contributed by atoms with Crippen LogP contribution in [0.2, 0.25) is 5.02 Å². The average Bonchev–Trinajstić information content (AvgIpc) is 2.84. The van der Waals surface area contributed by atoms with Crippen LogP contribution >= 0.6 is 11.6 Å². The highest BCUT2D eigenvalue weighted by Gasteiger charge is 2.13. The van der Waals surface area contributed by atoms with Gasteiger partial charge in [0.1, 0.15) is 11.5 Å². The van der Waals surface area contributed by atoms with Crippen LogP contribution in [0.25, 0.3) is 0 Å². The lowest BCUT2D eigenvalue weighted by atomic mass is 10.2. The summed E-state index contributed by atoms with van der Waals surface area (Å²) in [5, 5.41) is 9.34. The highest BCUT2D eigenvalue weighted by atomic mass is 35.5. The Kier molecular flexibility index (Phi) is 8.59. The first-order valence-electron chi connectivity index (χ1n) is 10.0. The van der Waals surface area contributed by atoms with Gasteiger partial charge < -0.3 is 20.1 Å². The van der Waals surface area contributed by atoms with Crippen molar-refractivity contribution in [3.05, 3.63) is 83.4 Å². The van der Waals surface area contributed by atoms with E-state index in [9.17, 15) is 14.4 Å². The second-order valence-electron chi connectivity index (χ2n) is 6.77. The van der Waals surface area contributed by atoms with E-state index in [0.29, 0.717) is 33.5 Å². The number of hydrogen-bond donors (Lipinski definition) is 3. The van der Waals surface area contributed by atoms with Crippen LogP contribution in [-0.4, -0.2) is 37.7 Å². The molecule has 0 spiro atoms. The van der Waals surface area contributed by atoms with Crippen LogP contribution in [0.1, 0.15) is 5.56 Å². The van der Waals surface area contributed by atoms with Crippen LogP contribution in [0.5, 0.6) is 11.5 Å². The number of anilines is 2. The molecule has 0 bridgehead atoms. The van der Waals surface area contributed by atoms with E-state index in [-0.39, 0.29) is 12.5 Å². The first kappa shape index (κ1) is 24.3. The molecule has 34 heavy (non-hydrogen) atoms. The Balaban J connectivity index is 1.52. The monoisotopic (exact) mass is 480 g/mol. The largest absolute Gasteiger partial charge is 0.497 e. The molecule has 10 heteroatoms. The minimum absolute atomic E-state index is 0.245. The predicted molar refractivity (Wildman–Crippen MR) is 129 cm³/mol. The molecule has 0 radical (unpaired) electrons. The number of ether oxygens (including phenoxy) is 2. The number of carbonyl (C=O) groups is 3. The average molecular weight is 481 g/mol. The number of carbonyl (C=O) groups excluding carboxylic acids is 3. The molecule has 3 aromatic rings. The van der Waals surface area contributed by atoms with E-state index in [0.717, 1.165) is 0 Å². The SMILES string of the molecule is COc1ccc(NC(=O)COc2ccccc2/C=N\NC(=O)C(=O)Nc2cccc(Cl)c2)cc1. The summed E-state index contributed by atoms with van der Waals surface area (Å²) < 4.78 is 10.7. The van der Waals surface area contributed by atoms with Crippen molar-refractivity contribution in [2.45, 2.75) is 0 Å². The molecule has 174 valence electrons. The zero-order valence-electron chi connectivity index (χ0n) is 18.1. The number of nitrogens with one attached hydrogen (secondary N) is 3. The molecule has 3 aromatic carbocycles. The molecule has 0 unspecified atom stereocenters. The summed E-state index contributed by atoms with van der Waals surface area (Å²) in [7, 11) is 1.56. The Morgan fingerprint density at radius 2 is 1.68 bits per heavy atom. The molecule has 0 aromatic heterocycles. The first-order valence-corrected chi connectivity index (χ1v) is 10.4. The van der Waals surface area contributed by atoms with E-state index < -0.39 is 11.8 Å². The number of rotatable bonds is 8. The second kappa shape index (κ2) is 12.0. The maximum Gasteiger partial charge on any atom is 0.329 e. The lowest BCUT2D eigenvalue weighted by Gasteiger charge is -2.10. The minimum atomic E-state index is -0.964. The van der Waals surface area contributed by atoms with Crippen LogP contribution < -0.4 is 25.5 Å². The van der Waals surface area contributed by atoms with Gasteiger partial charge in [-0.2, -0.15) is 5.10 Å². The van der Waals surface area contributed by atoms with Crippen molar-refractivity contribution in [1.82, 2.24) is 5.43 Å². The van der Waals surface area contributed by atoms with Crippen molar-refractivity contribution in [3.63, 3.8) is 0 Å². The summed E-state index contributed by atoms with van der Waals surface area (Å²) in [6, 6.07) is 20.1. The van der Waals surface area contributed by atoms with Crippen molar-refractivity contribution in [1.29, 1.82) is 0 Å². The third kappa shape index (κ3) is 7.35. The molecule has 3 N–H and O–H groups in total. The normalized spacial score (nSPS) is 10.4. The molecule has 0 aliphatic heterocycles. The van der Waals surface area contributed by atoms with E-state index in [1.165, 1.54) is 12.3 Å². The number of amides is 3. The van der Waals surface area contributed by atoms with Gasteiger partial charge in [-0.15, -0.1) is 0 Å². The summed E-state index contributed by atoms with van der Waals surface area (Å²) >= 11 is 5.85. The van der Waals surface area contributed by atoms with Gasteiger partial charge >= 0.3 is 11.8 Å². The fourth-order valence-electron chi connectivity index (χ4n) is 2.70. The molecule has 3 rings (SSSR count). The number of hydrogen-bond acceptors (Lipinski definition) is 6. The van der Waals surface area contributed by atoms with Gasteiger partial charge in [0.25, 0.3) is 5.91 Å². The van der Waals surface area contributed by atoms with E-state index in [2.05, 4.69) is 21.2 Å². The fourth-order valence-corrected chi connectivity index (χ4v) is 2.89. The van der Waals surface area contributed by atoms with Gasteiger partial charge in [0.05, 0.1) is 13.3 Å². The zero-order valence-corrected chi connectivity index (χ0v) is 18.8. The number of hydrazone groups is 1. The van der Waals surface area contributed by atoms with Gasteiger partial charge in [-0.1, -0.05) is 29.8 Å². The Bertz CT molecular complexity index is 1200. The standard InChI is InChI=1S/C24H21ClN4O5/c1-33-20-11-9-18(10-12-20)27-22(30)15-34-21-8-3-2-5-16(21)14-26-29-24(32)23(31)28-19-7-4-6-17(25)13-19/h2-14H,15H2,1H3,(H,27,30)(H,28,31)(H,29,32)/b26-14-. The van der Waals surface area contributed by atoms with Crippen molar-refractivity contribution < 1.29 is 23.9 Å². The smallest absolute Gasteiger partial charge is 0.329 e. The molecular weight excluding hydrogens is 460 g/mol. The molecule has 0 saturated heterocycles. The van der Waals surface area contributed by atoms with Gasteiger partial charge in [0, 0.05) is 22.0 Å². The summed E-state index contributed by atoms with van der Waals surface area (Å²) in [6.45, 7) is -0.245. The molecule has 0 heterocycles. The van der Waals surface area contributed by atoms with Gasteiger partial charge in [-0.05, 0) is 54.6 Å². The quantitative estimate of drug-likeness (QED) is 0.259. The number of methoxy groups -OCH3 is 1. The van der Waals surface area contributed by atoms with E-state index in [4.69, 9.17) is 21.1 Å². The Hall–Kier alpha value is -4.37. The van der Waals surface area contributed by atoms with Crippen molar-refractivity contribution in [3.8, 4) is 11.5 Å². The molecule has 3 amide bonds. The highest BCUT2D eigenvalue weighted by molar-refractivity contribution is 6.39. The van der Waals surface area contributed by atoms with E-state index in [1.807, 2.05) is 0 Å². The first-order chi connectivity index (χ1) is 16.4. The summed E-state index contributed by atoms with van der Waals surface area (Å²) in [5.74, 6) is -1.18. The lowest BCUT2D eigenvalue weighted by molar-refractivity contribution is -0.136.